The number of benzene rings is 1. The number of amides is 3. The van der Waals surface area contributed by atoms with Crippen LogP contribution in [0.3, 0.4) is 0 Å². The number of nitrogens with one attached hydrogen (secondary N) is 1. The molecule has 120 valence electrons. The summed E-state index contributed by atoms with van der Waals surface area (Å²) in [6.07, 6.45) is 0.871. The van der Waals surface area contributed by atoms with Crippen molar-refractivity contribution >= 4 is 23.5 Å². The molecule has 1 N–H and O–H groups in total. The van der Waals surface area contributed by atoms with Gasteiger partial charge in [0.1, 0.15) is 5.82 Å². The Kier molecular flexibility index (Phi) is 5.60. The van der Waals surface area contributed by atoms with Crippen LogP contribution in [0.1, 0.15) is 23.7 Å². The van der Waals surface area contributed by atoms with Crippen molar-refractivity contribution in [2.75, 3.05) is 32.7 Å². The lowest BCUT2D eigenvalue weighted by molar-refractivity contribution is 0.0660. The molecule has 1 aromatic rings. The summed E-state index contributed by atoms with van der Waals surface area (Å²) in [5.74, 6) is -1.06. The van der Waals surface area contributed by atoms with Crippen LogP contribution < -0.4 is 5.32 Å². The molecule has 0 unspecified atom stereocenters. The molecule has 0 atom stereocenters. The summed E-state index contributed by atoms with van der Waals surface area (Å²) in [5.41, 5.74) is -0.104. The van der Waals surface area contributed by atoms with Gasteiger partial charge < -0.3 is 15.1 Å². The molecule has 1 aliphatic rings. The zero-order valence-electron chi connectivity index (χ0n) is 12.4. The van der Waals surface area contributed by atoms with Gasteiger partial charge in [0.25, 0.3) is 5.91 Å². The quantitative estimate of drug-likeness (QED) is 0.926. The van der Waals surface area contributed by atoms with Crippen LogP contribution in [0.4, 0.5) is 9.18 Å². The second-order valence-electron chi connectivity index (χ2n) is 5.11. The molecule has 0 aliphatic carbocycles. The first-order valence-corrected chi connectivity index (χ1v) is 7.68. The molecule has 1 fully saturated rings. The van der Waals surface area contributed by atoms with Gasteiger partial charge in [0.15, 0.2) is 0 Å². The van der Waals surface area contributed by atoms with E-state index in [1.807, 2.05) is 6.92 Å². The van der Waals surface area contributed by atoms with E-state index < -0.39 is 11.7 Å². The average molecular weight is 328 g/mol. The summed E-state index contributed by atoms with van der Waals surface area (Å²) in [6, 6.07) is 4.04. The molecule has 0 saturated carbocycles. The van der Waals surface area contributed by atoms with Crippen molar-refractivity contribution in [3.8, 4) is 0 Å². The molecule has 0 radical (unpaired) electrons. The van der Waals surface area contributed by atoms with Crippen molar-refractivity contribution in [3.63, 3.8) is 0 Å². The molecule has 1 aromatic carbocycles. The van der Waals surface area contributed by atoms with E-state index in [0.29, 0.717) is 32.7 Å². The predicted molar refractivity (Wildman–Crippen MR) is 82.6 cm³/mol. The van der Waals surface area contributed by atoms with E-state index in [1.54, 1.807) is 4.90 Å². The van der Waals surface area contributed by atoms with E-state index in [-0.39, 0.29) is 16.6 Å². The second kappa shape index (κ2) is 7.45. The third-order valence-electron chi connectivity index (χ3n) is 3.56. The smallest absolute Gasteiger partial charge is 0.317 e. The summed E-state index contributed by atoms with van der Waals surface area (Å²) in [4.78, 5) is 27.4. The number of hydrogen-bond donors (Lipinski definition) is 1. The fourth-order valence-electron chi connectivity index (χ4n) is 2.32. The van der Waals surface area contributed by atoms with Crippen LogP contribution in [0.2, 0.25) is 5.02 Å². The van der Waals surface area contributed by atoms with E-state index in [0.717, 1.165) is 6.42 Å². The minimum absolute atomic E-state index is 0.104. The van der Waals surface area contributed by atoms with E-state index in [2.05, 4.69) is 5.32 Å². The van der Waals surface area contributed by atoms with Crippen LogP contribution in [0.15, 0.2) is 18.2 Å². The highest BCUT2D eigenvalue weighted by Gasteiger charge is 2.27. The van der Waals surface area contributed by atoms with Crippen molar-refractivity contribution in [2.24, 2.45) is 0 Å². The molecular formula is C15H19ClFN3O2. The maximum Gasteiger partial charge on any atom is 0.317 e. The SMILES string of the molecule is CCCNC(=O)N1CCN(C(=O)c2c(F)cccc2Cl)CC1. The molecule has 1 saturated heterocycles. The summed E-state index contributed by atoms with van der Waals surface area (Å²) in [7, 11) is 0. The number of rotatable bonds is 3. The molecule has 2 rings (SSSR count). The Labute approximate surface area is 134 Å². The number of piperazine rings is 1. The maximum atomic E-state index is 13.8. The third-order valence-corrected chi connectivity index (χ3v) is 3.87. The Morgan fingerprint density at radius 3 is 2.45 bits per heavy atom. The molecule has 7 heteroatoms. The number of urea groups is 1. The van der Waals surface area contributed by atoms with Crippen LogP contribution in [0.5, 0.6) is 0 Å². The van der Waals surface area contributed by atoms with Crippen LogP contribution in [-0.4, -0.2) is 54.5 Å². The van der Waals surface area contributed by atoms with Crippen molar-refractivity contribution in [1.29, 1.82) is 0 Å². The summed E-state index contributed by atoms with van der Waals surface area (Å²) >= 11 is 5.92. The minimum Gasteiger partial charge on any atom is -0.338 e. The first-order chi connectivity index (χ1) is 10.5. The van der Waals surface area contributed by atoms with Crippen LogP contribution in [0, 0.1) is 5.82 Å². The third kappa shape index (κ3) is 3.68. The van der Waals surface area contributed by atoms with Crippen LogP contribution >= 0.6 is 11.6 Å². The van der Waals surface area contributed by atoms with Crippen molar-refractivity contribution in [3.05, 3.63) is 34.6 Å². The average Bonchev–Trinajstić information content (AvgIpc) is 2.52. The van der Waals surface area contributed by atoms with Crippen molar-refractivity contribution < 1.29 is 14.0 Å². The standard InChI is InChI=1S/C15H19ClFN3O2/c1-2-6-18-15(22)20-9-7-19(8-10-20)14(21)13-11(16)4-3-5-12(13)17/h3-5H,2,6-10H2,1H3,(H,18,22). The van der Waals surface area contributed by atoms with Crippen LogP contribution in [-0.2, 0) is 0 Å². The fraction of sp³-hybridized carbons (Fsp3) is 0.467. The van der Waals surface area contributed by atoms with E-state index in [9.17, 15) is 14.0 Å². The fourth-order valence-corrected chi connectivity index (χ4v) is 2.56. The normalized spacial score (nSPS) is 14.9. The lowest BCUT2D eigenvalue weighted by atomic mass is 10.1. The Bertz CT molecular complexity index is 539. The van der Waals surface area contributed by atoms with Crippen LogP contribution in [0.25, 0.3) is 0 Å². The Hall–Kier alpha value is -1.82. The molecule has 0 bridgehead atoms. The highest BCUT2D eigenvalue weighted by Crippen LogP contribution is 2.21. The van der Waals surface area contributed by atoms with Gasteiger partial charge in [0, 0.05) is 32.7 Å². The Morgan fingerprint density at radius 2 is 1.86 bits per heavy atom. The van der Waals surface area contributed by atoms with Gasteiger partial charge in [0.05, 0.1) is 10.6 Å². The van der Waals surface area contributed by atoms with Gasteiger partial charge in [0.2, 0.25) is 0 Å². The van der Waals surface area contributed by atoms with Gasteiger partial charge in [-0.15, -0.1) is 0 Å². The molecule has 22 heavy (non-hydrogen) atoms. The summed E-state index contributed by atoms with van der Waals surface area (Å²) in [5, 5.41) is 2.90. The van der Waals surface area contributed by atoms with E-state index in [1.165, 1.54) is 23.1 Å². The zero-order valence-corrected chi connectivity index (χ0v) is 13.2. The molecule has 5 nitrogen and oxygen atoms in total. The van der Waals surface area contributed by atoms with Gasteiger partial charge >= 0.3 is 6.03 Å². The summed E-state index contributed by atoms with van der Waals surface area (Å²) in [6.45, 7) is 4.19. The largest absolute Gasteiger partial charge is 0.338 e. The zero-order chi connectivity index (χ0) is 16.1. The Balaban J connectivity index is 1.97. The second-order valence-corrected chi connectivity index (χ2v) is 5.52. The van der Waals surface area contributed by atoms with Gasteiger partial charge in [-0.3, -0.25) is 4.79 Å². The highest BCUT2D eigenvalue weighted by atomic mass is 35.5. The predicted octanol–water partition coefficient (Wildman–Crippen LogP) is 2.36. The molecule has 3 amide bonds. The lowest BCUT2D eigenvalue weighted by Crippen LogP contribution is -2.53. The Morgan fingerprint density at radius 1 is 1.23 bits per heavy atom. The number of carbonyl (C=O) groups excluding carboxylic acids is 2. The highest BCUT2D eigenvalue weighted by molar-refractivity contribution is 6.33. The number of halogens is 2. The first kappa shape index (κ1) is 16.5. The van der Waals surface area contributed by atoms with Gasteiger partial charge in [-0.2, -0.15) is 0 Å². The van der Waals surface area contributed by atoms with E-state index in [4.69, 9.17) is 11.6 Å². The number of carbonyl (C=O) groups is 2. The molecule has 1 aliphatic heterocycles. The van der Waals surface area contributed by atoms with Crippen molar-refractivity contribution in [1.82, 2.24) is 15.1 Å². The van der Waals surface area contributed by atoms with Gasteiger partial charge in [-0.25, -0.2) is 9.18 Å². The van der Waals surface area contributed by atoms with E-state index >= 15 is 0 Å². The topological polar surface area (TPSA) is 52.7 Å². The maximum absolute atomic E-state index is 13.8. The van der Waals surface area contributed by atoms with Gasteiger partial charge in [-0.05, 0) is 18.6 Å². The van der Waals surface area contributed by atoms with Crippen molar-refractivity contribution in [2.45, 2.75) is 13.3 Å². The number of hydrogen-bond acceptors (Lipinski definition) is 2. The van der Waals surface area contributed by atoms with Gasteiger partial charge in [-0.1, -0.05) is 24.6 Å². The number of nitrogens with zero attached hydrogens (tertiary/aromatic N) is 2. The summed E-state index contributed by atoms with van der Waals surface area (Å²) < 4.78 is 13.8. The lowest BCUT2D eigenvalue weighted by Gasteiger charge is -2.34. The monoisotopic (exact) mass is 327 g/mol. The first-order valence-electron chi connectivity index (χ1n) is 7.30. The minimum atomic E-state index is -0.624. The molecule has 0 aromatic heterocycles. The molecular weight excluding hydrogens is 309 g/mol. The molecule has 1 heterocycles. The molecule has 0 spiro atoms.